The van der Waals surface area contributed by atoms with Crippen LogP contribution in [0, 0.1) is 0 Å². The molecule has 2 nitrogen and oxygen atoms in total. The first kappa shape index (κ1) is 19.2. The van der Waals surface area contributed by atoms with Crippen molar-refractivity contribution in [3.8, 4) is 0 Å². The van der Waals surface area contributed by atoms with E-state index in [-0.39, 0.29) is 8.41 Å². The number of rotatable bonds is 3. The van der Waals surface area contributed by atoms with Crippen LogP contribution in [0.3, 0.4) is 0 Å². The molecule has 0 saturated heterocycles. The van der Waals surface area contributed by atoms with Crippen LogP contribution in [-0.2, 0) is 4.57 Å². The topological polar surface area (TPSA) is 30.0 Å². The predicted molar refractivity (Wildman–Crippen MR) is 124 cm³/mol. The lowest BCUT2D eigenvalue weighted by Crippen LogP contribution is -2.26. The van der Waals surface area contributed by atoms with E-state index in [1.807, 2.05) is 84.9 Å². The minimum absolute atomic E-state index is 0. The summed E-state index contributed by atoms with van der Waals surface area (Å²) in [5.74, 6) is 0. The van der Waals surface area contributed by atoms with Crippen molar-refractivity contribution in [1.82, 2.24) is 4.98 Å². The third-order valence-corrected chi connectivity index (χ3v) is 8.08. The molecule has 0 aliphatic heterocycles. The number of nitrogens with zero attached hydrogens (tertiary/aromatic N) is 1. The highest BCUT2D eigenvalue weighted by atomic mass is 31.2. The summed E-state index contributed by atoms with van der Waals surface area (Å²) in [7, 11) is -3.07. The molecule has 0 bridgehead atoms. The number of pyridine rings is 1. The van der Waals surface area contributed by atoms with Crippen molar-refractivity contribution < 1.29 is 4.57 Å². The van der Waals surface area contributed by atoms with Gasteiger partial charge >= 0.3 is 0 Å². The van der Waals surface area contributed by atoms with Crippen LogP contribution in [0.25, 0.3) is 21.7 Å². The lowest BCUT2D eigenvalue weighted by Gasteiger charge is -2.19. The van der Waals surface area contributed by atoms with E-state index in [2.05, 4.69) is 24.3 Å². The number of fused-ring (bicyclic) bond motifs is 3. The smallest absolute Gasteiger partial charge is 0.188 e. The van der Waals surface area contributed by atoms with Gasteiger partial charge in [-0.25, -0.2) is 4.98 Å². The van der Waals surface area contributed by atoms with E-state index in [4.69, 9.17) is 4.98 Å². The molecule has 4 heteroatoms. The van der Waals surface area contributed by atoms with Gasteiger partial charge in [-0.2, -0.15) is 0 Å². The molecule has 29 heavy (non-hydrogen) atoms. The van der Waals surface area contributed by atoms with Crippen LogP contribution >= 0.6 is 7.14 Å². The van der Waals surface area contributed by atoms with Crippen molar-refractivity contribution in [2.75, 3.05) is 0 Å². The Morgan fingerprint density at radius 2 is 1.07 bits per heavy atom. The van der Waals surface area contributed by atoms with Crippen molar-refractivity contribution in [2.45, 2.75) is 0 Å². The Labute approximate surface area is 172 Å². The molecular weight excluding hydrogens is 372 g/mol. The number of aromatic nitrogens is 1. The lowest BCUT2D eigenvalue weighted by atomic mass is 10.1. The molecule has 0 saturated carbocycles. The summed E-state index contributed by atoms with van der Waals surface area (Å²) >= 11 is 0. The quantitative estimate of drug-likeness (QED) is 0.255. The molecule has 3 radical (unpaired) electrons. The Hall–Kier alpha value is -3.16. The monoisotopic (exact) mass is 390 g/mol. The number of hydrogen-bond acceptors (Lipinski definition) is 2. The second-order valence-electron chi connectivity index (χ2n) is 6.81. The normalized spacial score (nSPS) is 11.3. The van der Waals surface area contributed by atoms with Crippen LogP contribution in [-0.4, -0.2) is 13.4 Å². The van der Waals surface area contributed by atoms with Crippen molar-refractivity contribution >= 4 is 53.3 Å². The van der Waals surface area contributed by atoms with Gasteiger partial charge in [-0.05, 0) is 11.5 Å². The minimum Gasteiger partial charge on any atom is -0.307 e. The van der Waals surface area contributed by atoms with Crippen LogP contribution in [0.5, 0.6) is 0 Å². The Morgan fingerprint density at radius 3 is 1.72 bits per heavy atom. The van der Waals surface area contributed by atoms with Gasteiger partial charge in [0.15, 0.2) is 7.14 Å². The molecule has 5 aromatic rings. The summed E-state index contributed by atoms with van der Waals surface area (Å²) in [4.78, 5) is 4.97. The molecule has 0 unspecified atom stereocenters. The zero-order valence-electron chi connectivity index (χ0n) is 15.8. The highest BCUT2D eigenvalue weighted by Crippen LogP contribution is 2.42. The molecular formula is C25H18BNOP. The second-order valence-corrected chi connectivity index (χ2v) is 9.52. The van der Waals surface area contributed by atoms with Gasteiger partial charge in [-0.3, -0.25) is 0 Å². The lowest BCUT2D eigenvalue weighted by molar-refractivity contribution is 0.592. The Bertz CT molecular complexity index is 1290. The largest absolute Gasteiger partial charge is 0.307 e. The summed E-state index contributed by atoms with van der Waals surface area (Å²) < 4.78 is 14.5. The molecule has 0 atom stereocenters. The maximum atomic E-state index is 14.5. The molecule has 4 aromatic carbocycles. The molecule has 0 aliphatic carbocycles. The van der Waals surface area contributed by atoms with E-state index in [1.165, 1.54) is 0 Å². The zero-order chi connectivity index (χ0) is 19.0. The van der Waals surface area contributed by atoms with Crippen LogP contribution in [0.15, 0.2) is 109 Å². The molecule has 0 fully saturated rings. The predicted octanol–water partition coefficient (Wildman–Crippen LogP) is 4.65. The fraction of sp³-hybridized carbons (Fsp3) is 0. The summed E-state index contributed by atoms with van der Waals surface area (Å²) in [6.07, 6.45) is 0. The highest BCUT2D eigenvalue weighted by molar-refractivity contribution is 7.85. The average molecular weight is 390 g/mol. The first-order valence-electron chi connectivity index (χ1n) is 9.27. The van der Waals surface area contributed by atoms with Crippen LogP contribution in [0.1, 0.15) is 0 Å². The van der Waals surface area contributed by atoms with Gasteiger partial charge in [0.05, 0.1) is 5.52 Å². The Morgan fingerprint density at radius 1 is 0.552 bits per heavy atom. The summed E-state index contributed by atoms with van der Waals surface area (Å²) in [6, 6.07) is 35.7. The number of benzene rings is 4. The molecule has 1 aromatic heterocycles. The van der Waals surface area contributed by atoms with Crippen molar-refractivity contribution in [2.24, 2.45) is 0 Å². The fourth-order valence-electron chi connectivity index (χ4n) is 3.71. The maximum absolute atomic E-state index is 14.5. The van der Waals surface area contributed by atoms with Gasteiger partial charge in [-0.15, -0.1) is 0 Å². The molecule has 0 spiro atoms. The Balaban J connectivity index is 0.00000205. The SMILES string of the molecule is O=P(c1ccccc1)(c1ccccc1)c1ccc2ccc3ccccc3c2n1.[B]. The number of hydrogen-bond donors (Lipinski definition) is 0. The molecule has 0 aliphatic rings. The van der Waals surface area contributed by atoms with Gasteiger partial charge in [0.1, 0.15) is 5.44 Å². The van der Waals surface area contributed by atoms with E-state index < -0.39 is 7.14 Å². The Kier molecular flexibility index (Phi) is 5.09. The van der Waals surface area contributed by atoms with E-state index in [0.717, 1.165) is 32.3 Å². The summed E-state index contributed by atoms with van der Waals surface area (Å²) in [6.45, 7) is 0. The van der Waals surface area contributed by atoms with Crippen molar-refractivity contribution in [3.63, 3.8) is 0 Å². The fourth-order valence-corrected chi connectivity index (χ4v) is 6.25. The molecule has 1 heterocycles. The summed E-state index contributed by atoms with van der Waals surface area (Å²) in [5.41, 5.74) is 1.51. The first-order valence-corrected chi connectivity index (χ1v) is 11.0. The highest BCUT2D eigenvalue weighted by Gasteiger charge is 2.31. The van der Waals surface area contributed by atoms with Crippen LogP contribution < -0.4 is 16.0 Å². The van der Waals surface area contributed by atoms with Crippen LogP contribution in [0.2, 0.25) is 0 Å². The third kappa shape index (κ3) is 3.18. The van der Waals surface area contributed by atoms with Gasteiger partial charge < -0.3 is 4.57 Å². The van der Waals surface area contributed by atoms with E-state index in [1.54, 1.807) is 0 Å². The molecule has 0 amide bonds. The third-order valence-electron chi connectivity index (χ3n) is 5.13. The van der Waals surface area contributed by atoms with Crippen molar-refractivity contribution in [1.29, 1.82) is 0 Å². The summed E-state index contributed by atoms with van der Waals surface area (Å²) in [5, 5.41) is 4.86. The average Bonchev–Trinajstić information content (AvgIpc) is 2.79. The van der Waals surface area contributed by atoms with E-state index in [0.29, 0.717) is 5.44 Å². The van der Waals surface area contributed by atoms with Crippen molar-refractivity contribution in [3.05, 3.63) is 109 Å². The maximum Gasteiger partial charge on any atom is 0.188 e. The van der Waals surface area contributed by atoms with E-state index >= 15 is 0 Å². The zero-order valence-corrected chi connectivity index (χ0v) is 16.7. The van der Waals surface area contributed by atoms with Gasteiger partial charge in [0.2, 0.25) is 0 Å². The molecule has 5 rings (SSSR count). The first-order chi connectivity index (χ1) is 13.8. The van der Waals surface area contributed by atoms with Gasteiger partial charge in [0, 0.05) is 29.8 Å². The second kappa shape index (κ2) is 7.70. The molecule has 137 valence electrons. The standard InChI is InChI=1S/C25H18NOP.B/c27-28(21-10-3-1-4-11-21,22-12-5-2-6-13-22)24-18-17-20-16-15-19-9-7-8-14-23(19)25(20)26-24;/h1-18H;. The van der Waals surface area contributed by atoms with Crippen LogP contribution in [0.4, 0.5) is 0 Å². The molecule has 0 N–H and O–H groups in total. The van der Waals surface area contributed by atoms with E-state index in [9.17, 15) is 4.57 Å². The van der Waals surface area contributed by atoms with Gasteiger partial charge in [-0.1, -0.05) is 103 Å². The minimum atomic E-state index is -3.07. The van der Waals surface area contributed by atoms with Gasteiger partial charge in [0.25, 0.3) is 0 Å².